The molecule has 1 aliphatic heterocycles. The first kappa shape index (κ1) is 19.7. The maximum Gasteiger partial charge on any atom is 0.410 e. The predicted octanol–water partition coefficient (Wildman–Crippen LogP) is 2.28. The number of rotatable bonds is 2. The molecule has 8 nitrogen and oxygen atoms in total. The van der Waals surface area contributed by atoms with Gasteiger partial charge in [-0.15, -0.1) is 0 Å². The van der Waals surface area contributed by atoms with Crippen LogP contribution in [0.25, 0.3) is 10.9 Å². The van der Waals surface area contributed by atoms with Crippen molar-refractivity contribution in [1.29, 1.82) is 0 Å². The number of nitrogens with zero attached hydrogens (tertiary/aromatic N) is 3. The zero-order valence-corrected chi connectivity index (χ0v) is 16.5. The molecule has 0 unspecified atom stereocenters. The van der Waals surface area contributed by atoms with Crippen LogP contribution in [0.3, 0.4) is 0 Å². The fourth-order valence-corrected chi connectivity index (χ4v) is 3.37. The number of amides is 1. The third kappa shape index (κ3) is 3.95. The van der Waals surface area contributed by atoms with Gasteiger partial charge in [0, 0.05) is 24.5 Å². The molecule has 1 aromatic carbocycles. The lowest BCUT2D eigenvalue weighted by Gasteiger charge is -2.42. The number of carbonyl (C=O) groups excluding carboxylic acids is 1. The minimum atomic E-state index is -1.01. The summed E-state index contributed by atoms with van der Waals surface area (Å²) in [4.78, 5) is 37.8. The second kappa shape index (κ2) is 7.18. The molecule has 0 aliphatic carbocycles. The van der Waals surface area contributed by atoms with Gasteiger partial charge in [-0.3, -0.25) is 4.79 Å². The molecule has 8 heteroatoms. The smallest absolute Gasteiger partial charge is 0.410 e. The maximum atomic E-state index is 12.6. The van der Waals surface area contributed by atoms with Crippen molar-refractivity contribution >= 4 is 23.0 Å². The van der Waals surface area contributed by atoms with Gasteiger partial charge in [-0.05, 0) is 52.0 Å². The Hall–Kier alpha value is -3.03. The third-order valence-electron chi connectivity index (χ3n) is 4.62. The molecule has 28 heavy (non-hydrogen) atoms. The monoisotopic (exact) mass is 387 g/mol. The zero-order valence-electron chi connectivity index (χ0n) is 16.5. The quantitative estimate of drug-likeness (QED) is 0.850. The highest BCUT2D eigenvalue weighted by molar-refractivity contribution is 5.93. The van der Waals surface area contributed by atoms with Crippen LogP contribution >= 0.6 is 0 Å². The van der Waals surface area contributed by atoms with E-state index in [1.54, 1.807) is 27.8 Å². The lowest BCUT2D eigenvalue weighted by Crippen LogP contribution is -2.60. The predicted molar refractivity (Wildman–Crippen MR) is 106 cm³/mol. The van der Waals surface area contributed by atoms with E-state index in [9.17, 15) is 19.5 Å². The Kier molecular flexibility index (Phi) is 5.06. The molecule has 1 N–H and O–H groups in total. The molecule has 1 saturated heterocycles. The van der Waals surface area contributed by atoms with Crippen LogP contribution in [0.1, 0.15) is 38.1 Å². The van der Waals surface area contributed by atoms with Gasteiger partial charge in [-0.25, -0.2) is 14.3 Å². The van der Waals surface area contributed by atoms with Gasteiger partial charge in [0.1, 0.15) is 5.60 Å². The molecule has 0 saturated carbocycles. The second-order valence-electron chi connectivity index (χ2n) is 8.00. The van der Waals surface area contributed by atoms with Gasteiger partial charge in [0.15, 0.2) is 0 Å². The number of hydrogen-bond donors (Lipinski definition) is 1. The number of fused-ring (bicyclic) bond motifs is 1. The first-order chi connectivity index (χ1) is 13.1. The summed E-state index contributed by atoms with van der Waals surface area (Å²) >= 11 is 0. The average molecular weight is 387 g/mol. The molecule has 0 spiro atoms. The summed E-state index contributed by atoms with van der Waals surface area (Å²) in [7, 11) is 0. The van der Waals surface area contributed by atoms with Crippen molar-refractivity contribution in [2.45, 2.75) is 39.3 Å². The molecule has 1 amide bonds. The number of carboxylic acids is 1. The first-order valence-electron chi connectivity index (χ1n) is 9.21. The SMILES string of the molecule is C[C@H]1CN(C(=O)OC(C)(C)C)CCN1n1c(=O)ccc2cc(C(=O)O)ccc21. The highest BCUT2D eigenvalue weighted by atomic mass is 16.6. The van der Waals surface area contributed by atoms with E-state index < -0.39 is 11.6 Å². The number of pyridine rings is 1. The van der Waals surface area contributed by atoms with Gasteiger partial charge in [-0.1, -0.05) is 0 Å². The normalized spacial score (nSPS) is 17.6. The molecule has 1 aromatic heterocycles. The molecule has 1 atom stereocenters. The van der Waals surface area contributed by atoms with Gasteiger partial charge < -0.3 is 19.8 Å². The molecular formula is C20H25N3O5. The fourth-order valence-electron chi connectivity index (χ4n) is 3.37. The minimum absolute atomic E-state index is 0.122. The molecule has 1 aliphatic rings. The molecule has 150 valence electrons. The highest BCUT2D eigenvalue weighted by Gasteiger charge is 2.31. The Morgan fingerprint density at radius 3 is 2.46 bits per heavy atom. The summed E-state index contributed by atoms with van der Waals surface area (Å²) in [6.07, 6.45) is -0.365. The van der Waals surface area contributed by atoms with E-state index >= 15 is 0 Å². The van der Waals surface area contributed by atoms with Gasteiger partial charge >= 0.3 is 12.1 Å². The van der Waals surface area contributed by atoms with Crippen molar-refractivity contribution in [2.75, 3.05) is 24.6 Å². The molecule has 2 heterocycles. The Bertz CT molecular complexity index is 976. The molecule has 1 fully saturated rings. The van der Waals surface area contributed by atoms with E-state index in [-0.39, 0.29) is 23.3 Å². The molecule has 0 radical (unpaired) electrons. The fraction of sp³-hybridized carbons (Fsp3) is 0.450. The first-order valence-corrected chi connectivity index (χ1v) is 9.21. The minimum Gasteiger partial charge on any atom is -0.478 e. The van der Waals surface area contributed by atoms with Crippen molar-refractivity contribution in [2.24, 2.45) is 0 Å². The van der Waals surface area contributed by atoms with E-state index in [0.717, 1.165) is 0 Å². The van der Waals surface area contributed by atoms with Crippen molar-refractivity contribution in [3.8, 4) is 0 Å². The Morgan fingerprint density at radius 1 is 1.14 bits per heavy atom. The summed E-state index contributed by atoms with van der Waals surface area (Å²) in [6, 6.07) is 7.62. The Labute approximate surface area is 162 Å². The van der Waals surface area contributed by atoms with E-state index in [2.05, 4.69) is 0 Å². The number of hydrogen-bond acceptors (Lipinski definition) is 5. The maximum absolute atomic E-state index is 12.6. The van der Waals surface area contributed by atoms with E-state index in [1.807, 2.05) is 32.7 Å². The van der Waals surface area contributed by atoms with Crippen LogP contribution in [0.5, 0.6) is 0 Å². The summed E-state index contributed by atoms with van der Waals surface area (Å²) in [5.41, 5.74) is 0.0370. The number of benzene rings is 1. The van der Waals surface area contributed by atoms with Crippen LogP contribution in [0.2, 0.25) is 0 Å². The van der Waals surface area contributed by atoms with E-state index in [4.69, 9.17) is 4.74 Å². The van der Waals surface area contributed by atoms with Gasteiger partial charge in [-0.2, -0.15) is 0 Å². The molecule has 0 bridgehead atoms. The van der Waals surface area contributed by atoms with E-state index in [0.29, 0.717) is 30.5 Å². The van der Waals surface area contributed by atoms with Gasteiger partial charge in [0.2, 0.25) is 0 Å². The van der Waals surface area contributed by atoms with Gasteiger partial charge in [0.05, 0.1) is 23.7 Å². The number of aromatic carboxylic acids is 1. The molecular weight excluding hydrogens is 362 g/mol. The number of carbonyl (C=O) groups is 2. The average Bonchev–Trinajstić information content (AvgIpc) is 2.60. The largest absolute Gasteiger partial charge is 0.478 e. The lowest BCUT2D eigenvalue weighted by molar-refractivity contribution is 0.0206. The van der Waals surface area contributed by atoms with Crippen LogP contribution in [-0.4, -0.2) is 58.0 Å². The zero-order chi connectivity index (χ0) is 20.6. The number of piperazine rings is 1. The summed E-state index contributed by atoms with van der Waals surface area (Å²) in [5.74, 6) is -1.01. The number of aromatic nitrogens is 1. The Balaban J connectivity index is 1.89. The Morgan fingerprint density at radius 2 is 1.86 bits per heavy atom. The van der Waals surface area contributed by atoms with Crippen LogP contribution < -0.4 is 10.6 Å². The standard InChI is InChI=1S/C20H25N3O5/c1-13-12-21(19(27)28-20(2,3)4)9-10-22(13)23-16-7-5-15(18(25)26)11-14(16)6-8-17(23)24/h5-8,11,13H,9-10,12H2,1-4H3,(H,25,26)/t13-/m0/s1. The van der Waals surface area contributed by atoms with Crippen LogP contribution in [-0.2, 0) is 4.74 Å². The second-order valence-corrected chi connectivity index (χ2v) is 8.00. The van der Waals surface area contributed by atoms with Gasteiger partial charge in [0.25, 0.3) is 5.56 Å². The highest BCUT2D eigenvalue weighted by Crippen LogP contribution is 2.18. The molecule has 2 aromatic rings. The van der Waals surface area contributed by atoms with Crippen LogP contribution in [0.15, 0.2) is 35.1 Å². The van der Waals surface area contributed by atoms with Crippen LogP contribution in [0.4, 0.5) is 4.79 Å². The number of ether oxygens (including phenoxy) is 1. The van der Waals surface area contributed by atoms with Crippen molar-refractivity contribution < 1.29 is 19.4 Å². The van der Waals surface area contributed by atoms with Crippen molar-refractivity contribution in [1.82, 2.24) is 9.58 Å². The summed E-state index contributed by atoms with van der Waals surface area (Å²) in [5, 5.41) is 11.8. The van der Waals surface area contributed by atoms with E-state index in [1.165, 1.54) is 12.1 Å². The lowest BCUT2D eigenvalue weighted by atomic mass is 10.1. The molecule has 3 rings (SSSR count). The van der Waals surface area contributed by atoms with Crippen LogP contribution in [0, 0.1) is 0 Å². The van der Waals surface area contributed by atoms with Crippen molar-refractivity contribution in [3.63, 3.8) is 0 Å². The third-order valence-corrected chi connectivity index (χ3v) is 4.62. The van der Waals surface area contributed by atoms with Crippen molar-refractivity contribution in [3.05, 3.63) is 46.2 Å². The topological polar surface area (TPSA) is 92.1 Å². The summed E-state index contributed by atoms with van der Waals surface area (Å²) < 4.78 is 7.01. The number of carboxylic acid groups (broad SMARTS) is 1. The summed E-state index contributed by atoms with van der Waals surface area (Å²) in [6.45, 7) is 8.72.